The van der Waals surface area contributed by atoms with Crippen LogP contribution in [-0.2, 0) is 13.6 Å². The normalized spacial score (nSPS) is 15.2. The Morgan fingerprint density at radius 3 is 2.68 bits per heavy atom. The Kier molecular flexibility index (Phi) is 4.62. The van der Waals surface area contributed by atoms with Gasteiger partial charge in [-0.2, -0.15) is 0 Å². The fourth-order valence-electron chi connectivity index (χ4n) is 3.87. The number of halogens is 2. The van der Waals surface area contributed by atoms with Crippen molar-refractivity contribution in [1.82, 2.24) is 14.5 Å². The molecule has 2 aromatic carbocycles. The number of rotatable bonds is 6. The highest BCUT2D eigenvalue weighted by molar-refractivity contribution is 6.11. The van der Waals surface area contributed by atoms with E-state index in [1.165, 1.54) is 41.4 Å². The van der Waals surface area contributed by atoms with Crippen molar-refractivity contribution in [3.8, 4) is 11.6 Å². The van der Waals surface area contributed by atoms with E-state index in [2.05, 4.69) is 9.97 Å². The molecule has 1 aliphatic heterocycles. The van der Waals surface area contributed by atoms with Gasteiger partial charge in [0, 0.05) is 30.6 Å². The lowest BCUT2D eigenvalue weighted by molar-refractivity contribution is 0.0796. The second-order valence-corrected chi connectivity index (χ2v) is 7.68. The maximum absolute atomic E-state index is 13.9. The van der Waals surface area contributed by atoms with Gasteiger partial charge in [0.1, 0.15) is 5.75 Å². The van der Waals surface area contributed by atoms with E-state index in [4.69, 9.17) is 13.6 Å². The Labute approximate surface area is 198 Å². The van der Waals surface area contributed by atoms with Crippen LogP contribution in [0.5, 0.6) is 11.6 Å². The maximum atomic E-state index is 13.9. The number of imidazole rings is 1. The van der Waals surface area contributed by atoms with Crippen LogP contribution >= 0.6 is 0 Å². The summed E-state index contributed by atoms with van der Waals surface area (Å²) in [6.07, 6.45) is 0.484. The van der Waals surface area contributed by atoms with Gasteiger partial charge in [-0.05, 0) is 42.5 Å². The largest absolute Gasteiger partial charge is 0.497 e. The average molecular weight is 468 g/mol. The van der Waals surface area contributed by atoms with E-state index in [1.54, 1.807) is 17.3 Å². The molecule has 174 valence electrons. The first kappa shape index (κ1) is 18.2. The van der Waals surface area contributed by atoms with Crippen molar-refractivity contribution in [3.05, 3.63) is 66.6 Å². The number of hydrogen-bond donors (Lipinski definition) is 0. The highest BCUT2D eigenvalue weighted by atomic mass is 19.3. The van der Waals surface area contributed by atoms with Crippen LogP contribution < -0.4 is 19.3 Å². The summed E-state index contributed by atoms with van der Waals surface area (Å²) in [7, 11) is -0.772. The number of fused-ring (bicyclic) bond motifs is 2. The number of alkyl halides is 2. The Morgan fingerprint density at radius 2 is 1.91 bits per heavy atom. The Morgan fingerprint density at radius 1 is 1.12 bits per heavy atom. The number of carbonyl (C=O) groups is 1. The SMILES string of the molecule is [2H]C([2H])([2H])Oc1ccc(N2C(=O)N(c3ccc4ncn(C)c4c3)Cc3cnc(OCC(F)F)cc32)cc1. The zero-order valence-electron chi connectivity index (χ0n) is 21.0. The first-order chi connectivity index (χ1) is 17.6. The number of nitrogens with zero attached hydrogens (tertiary/aromatic N) is 5. The number of carbonyl (C=O) groups excluding carboxylic acids is 1. The first-order valence-electron chi connectivity index (χ1n) is 11.8. The van der Waals surface area contributed by atoms with Crippen LogP contribution in [0.25, 0.3) is 11.0 Å². The smallest absolute Gasteiger partial charge is 0.333 e. The predicted molar refractivity (Wildman–Crippen MR) is 123 cm³/mol. The molecule has 0 spiro atoms. The third-order valence-electron chi connectivity index (χ3n) is 5.52. The number of urea groups is 1. The fourth-order valence-corrected chi connectivity index (χ4v) is 3.87. The molecule has 0 saturated carbocycles. The summed E-state index contributed by atoms with van der Waals surface area (Å²) >= 11 is 0. The highest BCUT2D eigenvalue weighted by Crippen LogP contribution is 2.39. The third-order valence-corrected chi connectivity index (χ3v) is 5.52. The molecule has 2 amide bonds. The average Bonchev–Trinajstić information content (AvgIpc) is 3.22. The van der Waals surface area contributed by atoms with Crippen LogP contribution in [0.15, 0.2) is 61.1 Å². The molecule has 0 unspecified atom stereocenters. The van der Waals surface area contributed by atoms with Crippen LogP contribution in [0.3, 0.4) is 0 Å². The van der Waals surface area contributed by atoms with Crippen molar-refractivity contribution < 1.29 is 27.2 Å². The van der Waals surface area contributed by atoms with Gasteiger partial charge < -0.3 is 14.0 Å². The van der Waals surface area contributed by atoms with Crippen molar-refractivity contribution in [2.24, 2.45) is 7.05 Å². The number of hydrogen-bond acceptors (Lipinski definition) is 5. The Hall–Kier alpha value is -4.21. The van der Waals surface area contributed by atoms with Gasteiger partial charge in [-0.3, -0.25) is 9.80 Å². The van der Waals surface area contributed by atoms with Crippen molar-refractivity contribution in [3.63, 3.8) is 0 Å². The summed E-state index contributed by atoms with van der Waals surface area (Å²) in [6.45, 7) is -0.659. The first-order valence-corrected chi connectivity index (χ1v) is 10.3. The van der Waals surface area contributed by atoms with Gasteiger partial charge in [0.05, 0.1) is 46.4 Å². The lowest BCUT2D eigenvalue weighted by Gasteiger charge is -2.37. The molecule has 3 heterocycles. The van der Waals surface area contributed by atoms with E-state index in [0.717, 1.165) is 11.0 Å². The van der Waals surface area contributed by atoms with E-state index in [0.29, 0.717) is 22.6 Å². The summed E-state index contributed by atoms with van der Waals surface area (Å²) in [6, 6.07) is 12.4. The highest BCUT2D eigenvalue weighted by Gasteiger charge is 2.33. The summed E-state index contributed by atoms with van der Waals surface area (Å²) < 4.78 is 59.1. The van der Waals surface area contributed by atoms with E-state index < -0.39 is 26.1 Å². The quantitative estimate of drug-likeness (QED) is 0.403. The second kappa shape index (κ2) is 8.62. The summed E-state index contributed by atoms with van der Waals surface area (Å²) in [5.74, 6) is 0.0478. The van der Waals surface area contributed by atoms with Gasteiger partial charge in [0.15, 0.2) is 6.61 Å². The molecule has 34 heavy (non-hydrogen) atoms. The molecule has 2 aromatic heterocycles. The molecular weight excluding hydrogens is 444 g/mol. The molecule has 0 N–H and O–H groups in total. The second-order valence-electron chi connectivity index (χ2n) is 7.68. The van der Waals surface area contributed by atoms with Gasteiger partial charge in [-0.25, -0.2) is 23.5 Å². The molecule has 1 aliphatic rings. The van der Waals surface area contributed by atoms with Crippen LogP contribution in [0, 0.1) is 0 Å². The van der Waals surface area contributed by atoms with E-state index in [-0.39, 0.29) is 18.2 Å². The zero-order valence-corrected chi connectivity index (χ0v) is 18.0. The van der Waals surface area contributed by atoms with Crippen molar-refractivity contribution in [2.45, 2.75) is 13.0 Å². The predicted octanol–water partition coefficient (Wildman–Crippen LogP) is 4.90. The molecule has 10 heteroatoms. The standard InChI is InChI=1S/C24H21F2N5O3/c1-29-14-28-19-8-5-17(9-21(19)29)30-12-15-11-27-23(34-13-22(25)26)10-20(15)31(24(30)32)16-3-6-18(33-2)7-4-16/h3-11,14,22H,12-13H2,1-2H3/i2D3. The topological polar surface area (TPSA) is 72.7 Å². The van der Waals surface area contributed by atoms with Gasteiger partial charge in [0.25, 0.3) is 6.43 Å². The number of ether oxygens (including phenoxy) is 2. The number of aryl methyl sites for hydroxylation is 1. The van der Waals surface area contributed by atoms with Crippen LogP contribution in [0.1, 0.15) is 9.68 Å². The summed E-state index contributed by atoms with van der Waals surface area (Å²) in [5, 5.41) is 0. The van der Waals surface area contributed by atoms with Crippen molar-refractivity contribution in [2.75, 3.05) is 23.4 Å². The molecule has 0 atom stereocenters. The molecule has 0 bridgehead atoms. The Balaban J connectivity index is 1.56. The fraction of sp³-hybridized carbons (Fsp3) is 0.208. The molecular formula is C24H21F2N5O3. The summed E-state index contributed by atoms with van der Waals surface area (Å²) in [4.78, 5) is 25.3. The number of anilines is 3. The van der Waals surface area contributed by atoms with Crippen molar-refractivity contribution >= 4 is 34.1 Å². The van der Waals surface area contributed by atoms with E-state index in [9.17, 15) is 13.6 Å². The molecule has 0 saturated heterocycles. The van der Waals surface area contributed by atoms with Crippen LogP contribution in [0.4, 0.5) is 30.6 Å². The number of aromatic nitrogens is 3. The lowest BCUT2D eigenvalue weighted by atomic mass is 10.1. The molecule has 0 aliphatic carbocycles. The van der Waals surface area contributed by atoms with Crippen LogP contribution in [0.2, 0.25) is 0 Å². The minimum absolute atomic E-state index is 0.0519. The molecule has 0 radical (unpaired) electrons. The Bertz CT molecular complexity index is 1460. The maximum Gasteiger partial charge on any atom is 0.333 e. The molecule has 5 rings (SSSR count). The molecule has 8 nitrogen and oxygen atoms in total. The minimum Gasteiger partial charge on any atom is -0.497 e. The van der Waals surface area contributed by atoms with E-state index in [1.807, 2.05) is 23.7 Å². The van der Waals surface area contributed by atoms with Gasteiger partial charge in [-0.1, -0.05) is 0 Å². The van der Waals surface area contributed by atoms with Crippen molar-refractivity contribution in [1.29, 1.82) is 0 Å². The number of methoxy groups -OCH3 is 1. The number of amides is 2. The third kappa shape index (κ3) is 3.87. The molecule has 0 fully saturated rings. The van der Waals surface area contributed by atoms with Crippen LogP contribution in [-0.4, -0.2) is 40.6 Å². The van der Waals surface area contributed by atoms with E-state index >= 15 is 0 Å². The summed E-state index contributed by atoms with van der Waals surface area (Å²) in [5.41, 5.74) is 3.70. The monoisotopic (exact) mass is 468 g/mol. The van der Waals surface area contributed by atoms with Gasteiger partial charge >= 0.3 is 6.03 Å². The molecule has 4 aromatic rings. The number of benzene rings is 2. The minimum atomic E-state index is -2.68. The zero-order chi connectivity index (χ0) is 26.3. The van der Waals surface area contributed by atoms with Gasteiger partial charge in [0.2, 0.25) is 5.88 Å². The van der Waals surface area contributed by atoms with Gasteiger partial charge in [-0.15, -0.1) is 0 Å². The lowest BCUT2D eigenvalue weighted by Crippen LogP contribution is -2.45. The number of pyridine rings is 1.